The van der Waals surface area contributed by atoms with Crippen LogP contribution in [0.3, 0.4) is 0 Å². The summed E-state index contributed by atoms with van der Waals surface area (Å²) in [6, 6.07) is 10.7. The van der Waals surface area contributed by atoms with Gasteiger partial charge in [-0.15, -0.1) is 23.4 Å². The maximum absolute atomic E-state index is 12.6. The van der Waals surface area contributed by atoms with Crippen molar-refractivity contribution in [3.8, 4) is 11.8 Å². The SMILES string of the molecule is N#CCCN(Cc1ccco1)C(=O)CSc1nnc(Nc2ccc(OC(F)(F)F)cc2)s1. The smallest absolute Gasteiger partial charge is 0.467 e. The van der Waals surface area contributed by atoms with Gasteiger partial charge in [0.25, 0.3) is 0 Å². The lowest BCUT2D eigenvalue weighted by atomic mass is 10.3. The summed E-state index contributed by atoms with van der Waals surface area (Å²) in [6.45, 7) is 0.554. The Balaban J connectivity index is 1.52. The normalized spacial score (nSPS) is 11.1. The molecule has 168 valence electrons. The molecule has 0 aliphatic rings. The molecule has 0 atom stereocenters. The van der Waals surface area contributed by atoms with E-state index in [1.807, 2.05) is 6.07 Å². The molecule has 0 aliphatic heterocycles. The first kappa shape index (κ1) is 23.4. The van der Waals surface area contributed by atoms with E-state index in [0.29, 0.717) is 20.9 Å². The van der Waals surface area contributed by atoms with Gasteiger partial charge in [-0.1, -0.05) is 23.1 Å². The van der Waals surface area contributed by atoms with Crippen molar-refractivity contribution in [2.75, 3.05) is 17.6 Å². The third-order valence-corrected chi connectivity index (χ3v) is 5.79. The minimum atomic E-state index is -4.75. The van der Waals surface area contributed by atoms with Crippen LogP contribution in [0.2, 0.25) is 0 Å². The molecule has 32 heavy (non-hydrogen) atoms. The number of nitrogens with one attached hydrogen (secondary N) is 1. The number of carbonyl (C=O) groups is 1. The summed E-state index contributed by atoms with van der Waals surface area (Å²) in [5, 5.41) is 20.1. The molecule has 1 N–H and O–H groups in total. The molecule has 0 saturated heterocycles. The van der Waals surface area contributed by atoms with Gasteiger partial charge in [0.05, 0.1) is 31.1 Å². The molecule has 2 heterocycles. The minimum Gasteiger partial charge on any atom is -0.467 e. The van der Waals surface area contributed by atoms with Crippen LogP contribution in [-0.4, -0.2) is 39.7 Å². The first-order valence-electron chi connectivity index (χ1n) is 9.08. The number of amides is 1. The maximum Gasteiger partial charge on any atom is 0.573 e. The fourth-order valence-electron chi connectivity index (χ4n) is 2.46. The average Bonchev–Trinajstić information content (AvgIpc) is 3.42. The largest absolute Gasteiger partial charge is 0.573 e. The molecule has 0 fully saturated rings. The number of hydrogen-bond donors (Lipinski definition) is 1. The summed E-state index contributed by atoms with van der Waals surface area (Å²) in [5.41, 5.74) is 0.504. The Labute approximate surface area is 189 Å². The second-order valence-electron chi connectivity index (χ2n) is 6.16. The molecule has 0 bridgehead atoms. The van der Waals surface area contributed by atoms with Gasteiger partial charge >= 0.3 is 6.36 Å². The van der Waals surface area contributed by atoms with Crippen molar-refractivity contribution >= 4 is 39.8 Å². The van der Waals surface area contributed by atoms with Gasteiger partial charge in [-0.3, -0.25) is 4.79 Å². The molecule has 13 heteroatoms. The number of benzene rings is 1. The van der Waals surface area contributed by atoms with Crippen LogP contribution in [0.15, 0.2) is 51.4 Å². The molecular weight excluding hydrogens is 467 g/mol. The van der Waals surface area contributed by atoms with Crippen molar-refractivity contribution in [2.45, 2.75) is 23.7 Å². The van der Waals surface area contributed by atoms with Crippen molar-refractivity contribution in [3.05, 3.63) is 48.4 Å². The van der Waals surface area contributed by atoms with E-state index >= 15 is 0 Å². The number of carbonyl (C=O) groups excluding carboxylic acids is 1. The molecule has 3 aromatic rings. The quantitative estimate of drug-likeness (QED) is 0.410. The molecular formula is C19H16F3N5O3S2. The molecule has 0 saturated carbocycles. The number of nitrogens with zero attached hydrogens (tertiary/aromatic N) is 4. The van der Waals surface area contributed by atoms with Gasteiger partial charge in [0.1, 0.15) is 11.5 Å². The van der Waals surface area contributed by atoms with E-state index in [1.165, 1.54) is 53.6 Å². The zero-order valence-electron chi connectivity index (χ0n) is 16.3. The minimum absolute atomic E-state index is 0.101. The monoisotopic (exact) mass is 483 g/mol. The van der Waals surface area contributed by atoms with Crippen molar-refractivity contribution in [2.24, 2.45) is 0 Å². The van der Waals surface area contributed by atoms with Crippen LogP contribution >= 0.6 is 23.1 Å². The first-order chi connectivity index (χ1) is 15.3. The van der Waals surface area contributed by atoms with E-state index in [1.54, 1.807) is 17.0 Å². The summed E-state index contributed by atoms with van der Waals surface area (Å²) in [6.07, 6.45) is -3.03. The molecule has 8 nitrogen and oxygen atoms in total. The second kappa shape index (κ2) is 10.9. The fraction of sp³-hybridized carbons (Fsp3) is 0.263. The molecule has 0 unspecified atom stereocenters. The molecule has 0 aliphatic carbocycles. The number of halogens is 3. The van der Waals surface area contributed by atoms with E-state index in [4.69, 9.17) is 9.68 Å². The number of aromatic nitrogens is 2. The Bertz CT molecular complexity index is 1050. The number of alkyl halides is 3. The number of hydrogen-bond acceptors (Lipinski definition) is 9. The summed E-state index contributed by atoms with van der Waals surface area (Å²) in [4.78, 5) is 14.1. The highest BCUT2D eigenvalue weighted by Gasteiger charge is 2.31. The number of thioether (sulfide) groups is 1. The Morgan fingerprint density at radius 1 is 1.28 bits per heavy atom. The average molecular weight is 483 g/mol. The maximum atomic E-state index is 12.6. The third-order valence-electron chi connectivity index (χ3n) is 3.84. The lowest BCUT2D eigenvalue weighted by Crippen LogP contribution is -2.32. The standard InChI is InChI=1S/C19H16F3N5O3S2/c20-19(21,22)30-14-6-4-13(5-7-14)24-17-25-26-18(32-17)31-12-16(28)27(9-2-8-23)11-15-3-1-10-29-15/h1,3-7,10H,2,9,11-12H2,(H,24,25). The Hall–Kier alpha value is -3.24. The predicted molar refractivity (Wildman–Crippen MR) is 111 cm³/mol. The summed E-state index contributed by atoms with van der Waals surface area (Å²) in [7, 11) is 0. The highest BCUT2D eigenvalue weighted by molar-refractivity contribution is 8.01. The van der Waals surface area contributed by atoms with Crippen LogP contribution in [0, 0.1) is 11.3 Å². The van der Waals surface area contributed by atoms with E-state index in [2.05, 4.69) is 20.3 Å². The number of furan rings is 1. The summed E-state index contributed by atoms with van der Waals surface area (Å²) >= 11 is 2.39. The molecule has 0 spiro atoms. The van der Waals surface area contributed by atoms with E-state index in [-0.39, 0.29) is 36.9 Å². The van der Waals surface area contributed by atoms with Crippen LogP contribution in [0.5, 0.6) is 5.75 Å². The highest BCUT2D eigenvalue weighted by Crippen LogP contribution is 2.29. The molecule has 0 radical (unpaired) electrons. The third kappa shape index (κ3) is 7.47. The van der Waals surface area contributed by atoms with Crippen LogP contribution < -0.4 is 10.1 Å². The molecule has 1 aromatic carbocycles. The van der Waals surface area contributed by atoms with E-state index in [9.17, 15) is 18.0 Å². The van der Waals surface area contributed by atoms with Crippen molar-refractivity contribution < 1.29 is 27.1 Å². The van der Waals surface area contributed by atoms with Crippen molar-refractivity contribution in [1.29, 1.82) is 5.26 Å². The zero-order valence-corrected chi connectivity index (χ0v) is 18.0. The Morgan fingerprint density at radius 3 is 2.72 bits per heavy atom. The van der Waals surface area contributed by atoms with Gasteiger partial charge < -0.3 is 19.4 Å². The van der Waals surface area contributed by atoms with Gasteiger partial charge in [-0.25, -0.2) is 0 Å². The van der Waals surface area contributed by atoms with Crippen LogP contribution in [0.4, 0.5) is 24.0 Å². The van der Waals surface area contributed by atoms with Gasteiger partial charge in [-0.05, 0) is 36.4 Å². The highest BCUT2D eigenvalue weighted by atomic mass is 32.2. The van der Waals surface area contributed by atoms with Gasteiger partial charge in [0.15, 0.2) is 4.34 Å². The molecule has 3 rings (SSSR count). The topological polar surface area (TPSA) is 104 Å². The number of nitriles is 1. The van der Waals surface area contributed by atoms with Crippen LogP contribution in [-0.2, 0) is 11.3 Å². The predicted octanol–water partition coefficient (Wildman–Crippen LogP) is 4.81. The van der Waals surface area contributed by atoms with Gasteiger partial charge in [0.2, 0.25) is 11.0 Å². The number of rotatable bonds is 10. The van der Waals surface area contributed by atoms with E-state index < -0.39 is 6.36 Å². The Morgan fingerprint density at radius 2 is 2.06 bits per heavy atom. The zero-order chi connectivity index (χ0) is 23.0. The van der Waals surface area contributed by atoms with Crippen LogP contribution in [0.1, 0.15) is 12.2 Å². The van der Waals surface area contributed by atoms with Crippen molar-refractivity contribution in [3.63, 3.8) is 0 Å². The summed E-state index contributed by atoms with van der Waals surface area (Å²) < 4.78 is 46.3. The molecule has 2 aromatic heterocycles. The van der Waals surface area contributed by atoms with Gasteiger partial charge in [0, 0.05) is 12.2 Å². The first-order valence-corrected chi connectivity index (χ1v) is 10.9. The van der Waals surface area contributed by atoms with Crippen molar-refractivity contribution in [1.82, 2.24) is 15.1 Å². The molecule has 1 amide bonds. The van der Waals surface area contributed by atoms with Crippen LogP contribution in [0.25, 0.3) is 0 Å². The number of ether oxygens (including phenoxy) is 1. The lowest BCUT2D eigenvalue weighted by Gasteiger charge is -2.19. The Kier molecular flexibility index (Phi) is 7.96. The van der Waals surface area contributed by atoms with Gasteiger partial charge in [-0.2, -0.15) is 5.26 Å². The lowest BCUT2D eigenvalue weighted by molar-refractivity contribution is -0.274. The second-order valence-corrected chi connectivity index (χ2v) is 8.36. The van der Waals surface area contributed by atoms with E-state index in [0.717, 1.165) is 0 Å². The summed E-state index contributed by atoms with van der Waals surface area (Å²) in [5.74, 6) is 0.220. The fourth-order valence-corrected chi connectivity index (χ4v) is 4.14. The number of anilines is 2.